The van der Waals surface area contributed by atoms with Crippen LogP contribution < -0.4 is 9.64 Å². The van der Waals surface area contributed by atoms with Crippen molar-refractivity contribution < 1.29 is 32.2 Å². The Bertz CT molecular complexity index is 1790. The van der Waals surface area contributed by atoms with Crippen LogP contribution >= 0.6 is 0 Å². The predicted molar refractivity (Wildman–Crippen MR) is 189 cm³/mol. The standard InChI is InChI=1S/C36H46N4O7S/c1-22(2)48(42,43)27-17-15-26(16-18-27)29-21-38-32(40(25(5)46-35(6,7)8)34(41)47-36(9,10)11)31(39-29)24(4)45-33(37-12)28-19-14-23(3)20-30(28)44-13/h14-22H,4-5H2,1-3,6-13H3. The van der Waals surface area contributed by atoms with Crippen molar-refractivity contribution in [2.24, 2.45) is 4.99 Å². The van der Waals surface area contributed by atoms with Crippen LogP contribution in [-0.4, -0.2) is 61.0 Å². The summed E-state index contributed by atoms with van der Waals surface area (Å²) in [6.07, 6.45) is 0.623. The van der Waals surface area contributed by atoms with Crippen LogP contribution in [0.2, 0.25) is 0 Å². The van der Waals surface area contributed by atoms with Gasteiger partial charge >= 0.3 is 6.09 Å². The van der Waals surface area contributed by atoms with Gasteiger partial charge in [0.25, 0.3) is 0 Å². The van der Waals surface area contributed by atoms with Gasteiger partial charge in [-0.2, -0.15) is 4.90 Å². The van der Waals surface area contributed by atoms with E-state index in [0.29, 0.717) is 22.6 Å². The molecule has 2 aromatic carbocycles. The molecule has 0 radical (unpaired) electrons. The summed E-state index contributed by atoms with van der Waals surface area (Å²) in [5.41, 5.74) is 0.877. The van der Waals surface area contributed by atoms with Gasteiger partial charge in [-0.15, -0.1) is 0 Å². The van der Waals surface area contributed by atoms with Crippen molar-refractivity contribution in [1.29, 1.82) is 0 Å². The van der Waals surface area contributed by atoms with Crippen LogP contribution in [0.3, 0.4) is 0 Å². The summed E-state index contributed by atoms with van der Waals surface area (Å²) in [4.78, 5) is 28.8. The Hall–Kier alpha value is -4.71. The Labute approximate surface area is 284 Å². The fourth-order valence-electron chi connectivity index (χ4n) is 4.33. The first-order valence-corrected chi connectivity index (χ1v) is 16.8. The van der Waals surface area contributed by atoms with Crippen LogP contribution in [0.5, 0.6) is 5.75 Å². The third kappa shape index (κ3) is 9.21. The van der Waals surface area contributed by atoms with Crippen LogP contribution in [0.25, 0.3) is 17.0 Å². The van der Waals surface area contributed by atoms with Crippen LogP contribution in [-0.2, 0) is 24.0 Å². The van der Waals surface area contributed by atoms with Crippen LogP contribution in [0.4, 0.5) is 10.6 Å². The number of aryl methyl sites for hydroxylation is 1. The number of amides is 1. The molecule has 3 aromatic rings. The largest absolute Gasteiger partial charge is 0.496 e. The SMILES string of the molecule is C=C(OC(=NC)c1ccc(C)cc1OC)c1nc(-c2ccc(S(=O)(=O)C(C)C)cc2)cnc1N(C(=C)OC(C)(C)C)C(=O)OC(C)(C)C. The summed E-state index contributed by atoms with van der Waals surface area (Å²) in [5.74, 6) is 0.589. The molecule has 0 atom stereocenters. The molecule has 0 saturated heterocycles. The van der Waals surface area contributed by atoms with Crippen molar-refractivity contribution in [2.75, 3.05) is 19.1 Å². The lowest BCUT2D eigenvalue weighted by molar-refractivity contribution is 0.0345. The van der Waals surface area contributed by atoms with E-state index in [2.05, 4.69) is 23.1 Å². The topological polar surface area (TPSA) is 130 Å². The van der Waals surface area contributed by atoms with E-state index in [1.807, 2.05) is 45.9 Å². The molecule has 1 heterocycles. The van der Waals surface area contributed by atoms with Gasteiger partial charge < -0.3 is 18.9 Å². The van der Waals surface area contributed by atoms with Crippen molar-refractivity contribution in [1.82, 2.24) is 9.97 Å². The molecule has 0 bridgehead atoms. The molecular weight excluding hydrogens is 632 g/mol. The molecular formula is C36H46N4O7S. The van der Waals surface area contributed by atoms with Crippen molar-refractivity contribution in [2.45, 2.75) is 83.7 Å². The number of benzene rings is 2. The number of ether oxygens (including phenoxy) is 4. The maximum Gasteiger partial charge on any atom is 0.423 e. The monoisotopic (exact) mass is 678 g/mol. The molecule has 0 N–H and O–H groups in total. The highest BCUT2D eigenvalue weighted by atomic mass is 32.2. The second-order valence-electron chi connectivity index (χ2n) is 13.2. The Morgan fingerprint density at radius 2 is 1.56 bits per heavy atom. The average molecular weight is 679 g/mol. The number of aliphatic imine (C=N–C) groups is 1. The van der Waals surface area contributed by atoms with Crippen molar-refractivity contribution >= 4 is 33.4 Å². The number of sulfone groups is 1. The van der Waals surface area contributed by atoms with Gasteiger partial charge in [-0.3, -0.25) is 4.99 Å². The Morgan fingerprint density at radius 3 is 2.08 bits per heavy atom. The molecule has 0 saturated carbocycles. The zero-order chi connectivity index (χ0) is 36.2. The Balaban J connectivity index is 2.24. The van der Waals surface area contributed by atoms with Gasteiger partial charge in [0.1, 0.15) is 22.6 Å². The molecule has 1 aromatic heterocycles. The highest BCUT2D eigenvalue weighted by Gasteiger charge is 2.33. The minimum atomic E-state index is -3.49. The number of methoxy groups -OCH3 is 1. The normalized spacial score (nSPS) is 12.4. The summed E-state index contributed by atoms with van der Waals surface area (Å²) < 4.78 is 49.0. The van der Waals surface area contributed by atoms with Gasteiger partial charge in [0, 0.05) is 12.6 Å². The number of aromatic nitrogens is 2. The first kappa shape index (κ1) is 37.7. The molecule has 0 fully saturated rings. The highest BCUT2D eigenvalue weighted by Crippen LogP contribution is 2.33. The summed E-state index contributed by atoms with van der Waals surface area (Å²) in [6, 6.07) is 11.9. The van der Waals surface area contributed by atoms with E-state index < -0.39 is 32.4 Å². The van der Waals surface area contributed by atoms with Crippen molar-refractivity contribution in [3.63, 3.8) is 0 Å². The molecule has 48 heavy (non-hydrogen) atoms. The number of hydrogen-bond donors (Lipinski definition) is 0. The number of carbonyl (C=O) groups excluding carboxylic acids is 1. The molecule has 0 aliphatic carbocycles. The smallest absolute Gasteiger partial charge is 0.423 e. The summed E-state index contributed by atoms with van der Waals surface area (Å²) in [5, 5.41) is -0.585. The van der Waals surface area contributed by atoms with Crippen LogP contribution in [0.1, 0.15) is 72.2 Å². The molecule has 0 unspecified atom stereocenters. The van der Waals surface area contributed by atoms with E-state index in [1.165, 1.54) is 18.3 Å². The maximum atomic E-state index is 13.7. The fraction of sp³-hybridized carbons (Fsp3) is 0.389. The molecule has 0 aliphatic heterocycles. The second kappa shape index (κ2) is 14.6. The van der Waals surface area contributed by atoms with Crippen molar-refractivity contribution in [3.05, 3.63) is 84.5 Å². The fourth-order valence-corrected chi connectivity index (χ4v) is 5.39. The van der Waals surface area contributed by atoms with Crippen LogP contribution in [0, 0.1) is 6.92 Å². The minimum absolute atomic E-state index is 0.0151. The van der Waals surface area contributed by atoms with E-state index in [9.17, 15) is 13.2 Å². The lowest BCUT2D eigenvalue weighted by Gasteiger charge is -2.32. The second-order valence-corrected chi connectivity index (χ2v) is 15.7. The Morgan fingerprint density at radius 1 is 0.958 bits per heavy atom. The summed E-state index contributed by atoms with van der Waals surface area (Å²) in [7, 11) is -0.386. The predicted octanol–water partition coefficient (Wildman–Crippen LogP) is 7.73. The van der Waals surface area contributed by atoms with Crippen molar-refractivity contribution in [3.8, 4) is 17.0 Å². The third-order valence-electron chi connectivity index (χ3n) is 6.59. The molecule has 12 heteroatoms. The van der Waals surface area contributed by atoms with Gasteiger partial charge in [0.2, 0.25) is 5.90 Å². The molecule has 0 spiro atoms. The lowest BCUT2D eigenvalue weighted by atomic mass is 10.1. The number of carbonyl (C=O) groups is 1. The van der Waals surface area contributed by atoms with Gasteiger partial charge in [0.15, 0.2) is 27.3 Å². The maximum absolute atomic E-state index is 13.7. The molecule has 258 valence electrons. The number of anilines is 1. The average Bonchev–Trinajstić information content (AvgIpc) is 2.98. The minimum Gasteiger partial charge on any atom is -0.496 e. The summed E-state index contributed by atoms with van der Waals surface area (Å²) >= 11 is 0. The van der Waals surface area contributed by atoms with E-state index in [0.717, 1.165) is 10.5 Å². The van der Waals surface area contributed by atoms with E-state index in [1.54, 1.807) is 60.9 Å². The molecule has 0 aliphatic rings. The van der Waals surface area contributed by atoms with E-state index in [-0.39, 0.29) is 33.9 Å². The van der Waals surface area contributed by atoms with Gasteiger partial charge in [0.05, 0.1) is 34.7 Å². The number of nitrogens with zero attached hydrogens (tertiary/aromatic N) is 4. The Kier molecular flexibility index (Phi) is 11.5. The van der Waals surface area contributed by atoms with Gasteiger partial charge in [-0.05, 0) is 98.7 Å². The first-order valence-electron chi connectivity index (χ1n) is 15.3. The zero-order valence-electron chi connectivity index (χ0n) is 29.7. The molecule has 1 amide bonds. The first-order chi connectivity index (χ1) is 22.2. The lowest BCUT2D eigenvalue weighted by Crippen LogP contribution is -2.39. The van der Waals surface area contributed by atoms with Gasteiger partial charge in [-0.1, -0.05) is 24.8 Å². The van der Waals surface area contributed by atoms with Gasteiger partial charge in [-0.25, -0.2) is 23.2 Å². The van der Waals surface area contributed by atoms with E-state index in [4.69, 9.17) is 23.9 Å². The number of hydrogen-bond acceptors (Lipinski definition) is 10. The zero-order valence-corrected chi connectivity index (χ0v) is 30.5. The quantitative estimate of drug-likeness (QED) is 0.120. The van der Waals surface area contributed by atoms with E-state index >= 15 is 0 Å². The van der Waals surface area contributed by atoms with Crippen LogP contribution in [0.15, 0.2) is 77.6 Å². The highest BCUT2D eigenvalue weighted by molar-refractivity contribution is 7.92. The molecule has 3 rings (SSSR count). The number of rotatable bonds is 10. The molecule has 11 nitrogen and oxygen atoms in total. The third-order valence-corrected chi connectivity index (χ3v) is 8.76. The summed E-state index contributed by atoms with van der Waals surface area (Å²) in [6.45, 7) is 24.0.